The van der Waals surface area contributed by atoms with Gasteiger partial charge in [-0.1, -0.05) is 37.3 Å². The maximum Gasteiger partial charge on any atom is 0.293 e. The van der Waals surface area contributed by atoms with Gasteiger partial charge in [-0.2, -0.15) is 0 Å². The van der Waals surface area contributed by atoms with Crippen molar-refractivity contribution in [1.82, 2.24) is 0 Å². The van der Waals surface area contributed by atoms with Crippen molar-refractivity contribution in [2.24, 2.45) is 0 Å². The van der Waals surface area contributed by atoms with Crippen molar-refractivity contribution in [3.8, 4) is 0 Å². The fraction of sp³-hybridized carbons (Fsp3) is 0.333. The number of fused-ring (bicyclic) bond motifs is 2. The predicted octanol–water partition coefficient (Wildman–Crippen LogP) is 2.82. The van der Waals surface area contributed by atoms with Crippen molar-refractivity contribution < 1.29 is 19.1 Å². The topological polar surface area (TPSA) is 67.9 Å². The highest BCUT2D eigenvalue weighted by Gasteiger charge is 2.55. The van der Waals surface area contributed by atoms with Gasteiger partial charge < -0.3 is 14.8 Å². The molecule has 0 aliphatic carbocycles. The summed E-state index contributed by atoms with van der Waals surface area (Å²) in [5.74, 6) is -2.03. The zero-order chi connectivity index (χ0) is 18.9. The Kier molecular flexibility index (Phi) is 4.68. The van der Waals surface area contributed by atoms with Crippen molar-refractivity contribution in [3.05, 3.63) is 59.7 Å². The van der Waals surface area contributed by atoms with Crippen molar-refractivity contribution in [3.63, 3.8) is 0 Å². The molecule has 0 bridgehead atoms. The van der Waals surface area contributed by atoms with Crippen LogP contribution in [0.5, 0.6) is 0 Å². The molecule has 0 unspecified atom stereocenters. The van der Waals surface area contributed by atoms with Crippen LogP contribution in [0.2, 0.25) is 0 Å². The lowest BCUT2D eigenvalue weighted by atomic mass is 10.1. The molecule has 6 heteroatoms. The van der Waals surface area contributed by atoms with E-state index in [1.807, 2.05) is 48.5 Å². The Morgan fingerprint density at radius 3 is 2.52 bits per heavy atom. The lowest BCUT2D eigenvalue weighted by Crippen LogP contribution is -2.48. The third kappa shape index (κ3) is 3.11. The van der Waals surface area contributed by atoms with Gasteiger partial charge in [0.2, 0.25) is 5.91 Å². The Morgan fingerprint density at radius 2 is 1.81 bits per heavy atom. The fourth-order valence-corrected chi connectivity index (χ4v) is 3.53. The number of benzene rings is 2. The van der Waals surface area contributed by atoms with Crippen molar-refractivity contribution >= 4 is 23.2 Å². The van der Waals surface area contributed by atoms with Crippen molar-refractivity contribution in [2.45, 2.75) is 25.6 Å². The summed E-state index contributed by atoms with van der Waals surface area (Å²) < 4.78 is 11.6. The Balaban J connectivity index is 1.54. The van der Waals surface area contributed by atoms with Crippen molar-refractivity contribution in [1.29, 1.82) is 0 Å². The number of amides is 2. The lowest BCUT2D eigenvalue weighted by molar-refractivity contribution is -0.256. The molecule has 4 rings (SSSR count). The van der Waals surface area contributed by atoms with E-state index in [4.69, 9.17) is 9.47 Å². The standard InChI is InChI=1S/C21H22N2O4/c1-2-15-8-10-16(11-9-15)22-19(24)14-23-18-7-4-3-6-17(18)21(20(23)25)26-12-5-13-27-21/h3-4,6-11H,2,5,12-14H2,1H3,(H,22,24). The van der Waals surface area contributed by atoms with Crippen LogP contribution in [-0.4, -0.2) is 31.6 Å². The zero-order valence-corrected chi connectivity index (χ0v) is 15.2. The van der Waals surface area contributed by atoms with E-state index < -0.39 is 5.79 Å². The van der Waals surface area contributed by atoms with Gasteiger partial charge in [0.15, 0.2) is 0 Å². The second kappa shape index (κ2) is 7.13. The van der Waals surface area contributed by atoms with Crippen LogP contribution >= 0.6 is 0 Å². The van der Waals surface area contributed by atoms with E-state index in [1.165, 1.54) is 10.5 Å². The molecule has 2 aromatic rings. The molecule has 1 spiro atoms. The smallest absolute Gasteiger partial charge is 0.293 e. The minimum atomic E-state index is -1.42. The van der Waals surface area contributed by atoms with Gasteiger partial charge in [0, 0.05) is 11.3 Å². The Morgan fingerprint density at radius 1 is 1.11 bits per heavy atom. The molecule has 2 amide bonds. The van der Waals surface area contributed by atoms with Crippen LogP contribution in [-0.2, 0) is 31.3 Å². The fourth-order valence-electron chi connectivity index (χ4n) is 3.53. The second-order valence-electron chi connectivity index (χ2n) is 6.67. The number of nitrogens with one attached hydrogen (secondary N) is 1. The maximum absolute atomic E-state index is 13.1. The van der Waals surface area contributed by atoms with E-state index in [0.29, 0.717) is 30.2 Å². The third-order valence-electron chi connectivity index (χ3n) is 4.92. The Labute approximate surface area is 158 Å². The van der Waals surface area contributed by atoms with Crippen LogP contribution in [0.1, 0.15) is 24.5 Å². The van der Waals surface area contributed by atoms with Crippen LogP contribution in [0.25, 0.3) is 0 Å². The quantitative estimate of drug-likeness (QED) is 0.904. The highest BCUT2D eigenvalue weighted by atomic mass is 16.7. The normalized spacial score (nSPS) is 17.8. The number of hydrogen-bond donors (Lipinski definition) is 1. The molecule has 0 atom stereocenters. The van der Waals surface area contributed by atoms with Gasteiger partial charge >= 0.3 is 0 Å². The highest BCUT2D eigenvalue weighted by Crippen LogP contribution is 2.44. The van der Waals surface area contributed by atoms with Crippen LogP contribution in [0.3, 0.4) is 0 Å². The molecule has 2 aliphatic rings. The van der Waals surface area contributed by atoms with E-state index >= 15 is 0 Å². The SMILES string of the molecule is CCc1ccc(NC(=O)CN2C(=O)C3(OCCCO3)c3ccccc32)cc1. The number of ether oxygens (including phenoxy) is 2. The monoisotopic (exact) mass is 366 g/mol. The zero-order valence-electron chi connectivity index (χ0n) is 15.2. The summed E-state index contributed by atoms with van der Waals surface area (Å²) >= 11 is 0. The summed E-state index contributed by atoms with van der Waals surface area (Å²) in [6, 6.07) is 15.0. The molecule has 1 fully saturated rings. The van der Waals surface area contributed by atoms with Gasteiger partial charge in [0.1, 0.15) is 6.54 Å². The first kappa shape index (κ1) is 17.7. The van der Waals surface area contributed by atoms with Gasteiger partial charge in [-0.15, -0.1) is 0 Å². The first-order chi connectivity index (χ1) is 13.1. The first-order valence-corrected chi connectivity index (χ1v) is 9.22. The summed E-state index contributed by atoms with van der Waals surface area (Å²) in [7, 11) is 0. The molecule has 2 heterocycles. The molecule has 2 aromatic carbocycles. The number of aryl methyl sites for hydroxylation is 1. The summed E-state index contributed by atoms with van der Waals surface area (Å²) in [6.45, 7) is 2.88. The average Bonchev–Trinajstić information content (AvgIpc) is 2.92. The van der Waals surface area contributed by atoms with E-state index in [9.17, 15) is 9.59 Å². The van der Waals surface area contributed by atoms with Gasteiger partial charge in [0.25, 0.3) is 11.7 Å². The molecule has 6 nitrogen and oxygen atoms in total. The predicted molar refractivity (Wildman–Crippen MR) is 101 cm³/mol. The number of rotatable bonds is 4. The van der Waals surface area contributed by atoms with E-state index in [-0.39, 0.29) is 18.4 Å². The number of carbonyl (C=O) groups is 2. The van der Waals surface area contributed by atoms with Crippen LogP contribution in [0.15, 0.2) is 48.5 Å². The number of nitrogens with zero attached hydrogens (tertiary/aromatic N) is 1. The van der Waals surface area contributed by atoms with E-state index in [2.05, 4.69) is 12.2 Å². The molecule has 27 heavy (non-hydrogen) atoms. The summed E-state index contributed by atoms with van der Waals surface area (Å²) in [5.41, 5.74) is 3.22. The lowest BCUT2D eigenvalue weighted by Gasteiger charge is -2.32. The molecule has 140 valence electrons. The molecule has 0 radical (unpaired) electrons. The first-order valence-electron chi connectivity index (χ1n) is 9.22. The van der Waals surface area contributed by atoms with Crippen LogP contribution in [0, 0.1) is 0 Å². The highest BCUT2D eigenvalue weighted by molar-refractivity contribution is 6.10. The number of carbonyl (C=O) groups excluding carboxylic acids is 2. The molecule has 0 aromatic heterocycles. The van der Waals surface area contributed by atoms with Gasteiger partial charge in [-0.05, 0) is 36.6 Å². The molecule has 1 saturated heterocycles. The minimum Gasteiger partial charge on any atom is -0.338 e. The molecular weight excluding hydrogens is 344 g/mol. The van der Waals surface area contributed by atoms with Gasteiger partial charge in [-0.3, -0.25) is 14.5 Å². The van der Waals surface area contributed by atoms with Gasteiger partial charge in [0.05, 0.1) is 18.9 Å². The molecule has 2 aliphatic heterocycles. The van der Waals surface area contributed by atoms with Gasteiger partial charge in [-0.25, -0.2) is 0 Å². The van der Waals surface area contributed by atoms with Crippen molar-refractivity contribution in [2.75, 3.05) is 30.0 Å². The van der Waals surface area contributed by atoms with E-state index in [1.54, 1.807) is 0 Å². The summed E-state index contributed by atoms with van der Waals surface area (Å²) in [6.07, 6.45) is 1.68. The van der Waals surface area contributed by atoms with E-state index in [0.717, 1.165) is 12.8 Å². The summed E-state index contributed by atoms with van der Waals surface area (Å²) in [4.78, 5) is 27.1. The molecule has 0 saturated carbocycles. The second-order valence-corrected chi connectivity index (χ2v) is 6.67. The Bertz CT molecular complexity index is 857. The molecule has 1 N–H and O–H groups in total. The largest absolute Gasteiger partial charge is 0.338 e. The average molecular weight is 366 g/mol. The molecular formula is C21H22N2O4. The van der Waals surface area contributed by atoms with Crippen LogP contribution in [0.4, 0.5) is 11.4 Å². The number of para-hydroxylation sites is 1. The summed E-state index contributed by atoms with van der Waals surface area (Å²) in [5, 5.41) is 2.85. The minimum absolute atomic E-state index is 0.0974. The van der Waals surface area contributed by atoms with Crippen LogP contribution < -0.4 is 10.2 Å². The third-order valence-corrected chi connectivity index (χ3v) is 4.92. The number of anilines is 2. The number of hydrogen-bond acceptors (Lipinski definition) is 4. The Hall–Kier alpha value is -2.70. The maximum atomic E-state index is 13.1.